The topological polar surface area (TPSA) is 66.8 Å². The summed E-state index contributed by atoms with van der Waals surface area (Å²) in [6, 6.07) is 0. The van der Waals surface area contributed by atoms with Crippen molar-refractivity contribution < 1.29 is 19.4 Å². The standard InChI is InChI=1S/C16H27NO4/c1-21-12-16(15(19)20)8-5-9-17(11-16)14(18)10-13-6-3-2-4-7-13/h13H,2-12H2,1H3,(H,19,20). The minimum absolute atomic E-state index is 0.128. The lowest BCUT2D eigenvalue weighted by atomic mass is 9.80. The van der Waals surface area contributed by atoms with Gasteiger partial charge in [-0.05, 0) is 31.6 Å². The van der Waals surface area contributed by atoms with Gasteiger partial charge in [0.15, 0.2) is 0 Å². The van der Waals surface area contributed by atoms with E-state index in [1.165, 1.54) is 26.4 Å². The van der Waals surface area contributed by atoms with E-state index in [4.69, 9.17) is 4.74 Å². The summed E-state index contributed by atoms with van der Waals surface area (Å²) in [7, 11) is 1.52. The molecule has 0 aromatic carbocycles. The maximum absolute atomic E-state index is 12.5. The van der Waals surface area contributed by atoms with Crippen LogP contribution in [0, 0.1) is 11.3 Å². The van der Waals surface area contributed by atoms with Crippen molar-refractivity contribution in [2.75, 3.05) is 26.8 Å². The number of carboxylic acid groups (broad SMARTS) is 1. The van der Waals surface area contributed by atoms with Crippen LogP contribution in [0.5, 0.6) is 0 Å². The van der Waals surface area contributed by atoms with Crippen molar-refractivity contribution in [3.8, 4) is 0 Å². The number of amides is 1. The molecule has 2 rings (SSSR count). The monoisotopic (exact) mass is 297 g/mol. The summed E-state index contributed by atoms with van der Waals surface area (Å²) in [5.41, 5.74) is -0.921. The highest BCUT2D eigenvalue weighted by molar-refractivity contribution is 5.80. The van der Waals surface area contributed by atoms with E-state index in [1.54, 1.807) is 4.90 Å². The van der Waals surface area contributed by atoms with Crippen LogP contribution >= 0.6 is 0 Å². The Labute approximate surface area is 126 Å². The van der Waals surface area contributed by atoms with Gasteiger partial charge in [0.1, 0.15) is 5.41 Å². The molecule has 0 aromatic heterocycles. The van der Waals surface area contributed by atoms with Gasteiger partial charge in [-0.15, -0.1) is 0 Å². The molecule has 21 heavy (non-hydrogen) atoms. The van der Waals surface area contributed by atoms with Crippen molar-refractivity contribution in [2.24, 2.45) is 11.3 Å². The van der Waals surface area contributed by atoms with Crippen molar-refractivity contribution in [1.82, 2.24) is 4.90 Å². The van der Waals surface area contributed by atoms with Crippen molar-refractivity contribution in [1.29, 1.82) is 0 Å². The lowest BCUT2D eigenvalue weighted by Crippen LogP contribution is -2.52. The first-order valence-electron chi connectivity index (χ1n) is 8.07. The van der Waals surface area contributed by atoms with E-state index in [0.29, 0.717) is 31.8 Å². The zero-order valence-corrected chi connectivity index (χ0v) is 13.0. The van der Waals surface area contributed by atoms with Gasteiger partial charge < -0.3 is 14.7 Å². The molecule has 0 spiro atoms. The number of piperidine rings is 1. The van der Waals surface area contributed by atoms with Crippen LogP contribution in [0.1, 0.15) is 51.4 Å². The Balaban J connectivity index is 1.95. The second-order valence-electron chi connectivity index (χ2n) is 6.65. The first-order chi connectivity index (χ1) is 10.1. The third-order valence-electron chi connectivity index (χ3n) is 4.99. The fraction of sp³-hybridized carbons (Fsp3) is 0.875. The van der Waals surface area contributed by atoms with E-state index in [2.05, 4.69) is 0 Å². The largest absolute Gasteiger partial charge is 0.481 e. The first-order valence-corrected chi connectivity index (χ1v) is 8.07. The van der Waals surface area contributed by atoms with Gasteiger partial charge in [0.2, 0.25) is 5.91 Å². The number of carbonyl (C=O) groups excluding carboxylic acids is 1. The van der Waals surface area contributed by atoms with E-state index in [1.807, 2.05) is 0 Å². The lowest BCUT2D eigenvalue weighted by molar-refractivity contribution is -0.159. The molecule has 1 saturated heterocycles. The number of nitrogens with zero attached hydrogens (tertiary/aromatic N) is 1. The van der Waals surface area contributed by atoms with Crippen LogP contribution < -0.4 is 0 Å². The van der Waals surface area contributed by atoms with Crippen LogP contribution in [0.2, 0.25) is 0 Å². The molecule has 0 aromatic rings. The van der Waals surface area contributed by atoms with E-state index < -0.39 is 11.4 Å². The van der Waals surface area contributed by atoms with E-state index in [-0.39, 0.29) is 12.5 Å². The minimum atomic E-state index is -0.921. The molecule has 1 aliphatic heterocycles. The van der Waals surface area contributed by atoms with Gasteiger partial charge >= 0.3 is 5.97 Å². The van der Waals surface area contributed by atoms with Gasteiger partial charge in [0, 0.05) is 26.6 Å². The third-order valence-corrected chi connectivity index (χ3v) is 4.99. The summed E-state index contributed by atoms with van der Waals surface area (Å²) in [5, 5.41) is 9.52. The number of carbonyl (C=O) groups is 2. The average molecular weight is 297 g/mol. The zero-order valence-electron chi connectivity index (χ0n) is 13.0. The molecule has 120 valence electrons. The highest BCUT2D eigenvalue weighted by Crippen LogP contribution is 2.33. The van der Waals surface area contributed by atoms with Crippen LogP contribution in [0.15, 0.2) is 0 Å². The number of ether oxygens (including phenoxy) is 1. The Morgan fingerprint density at radius 1 is 1.24 bits per heavy atom. The molecule has 1 amide bonds. The van der Waals surface area contributed by atoms with Crippen molar-refractivity contribution in [2.45, 2.75) is 51.4 Å². The van der Waals surface area contributed by atoms with E-state index in [0.717, 1.165) is 19.3 Å². The summed E-state index contributed by atoms with van der Waals surface area (Å²) >= 11 is 0. The van der Waals surface area contributed by atoms with Gasteiger partial charge in [0.05, 0.1) is 6.61 Å². The van der Waals surface area contributed by atoms with Gasteiger partial charge in [-0.1, -0.05) is 19.3 Å². The van der Waals surface area contributed by atoms with Crippen LogP contribution in [0.3, 0.4) is 0 Å². The SMILES string of the molecule is COCC1(C(=O)O)CCCN(C(=O)CC2CCCCC2)C1. The number of aliphatic carboxylic acids is 1. The summed E-state index contributed by atoms with van der Waals surface area (Å²) in [4.78, 5) is 25.8. The number of methoxy groups -OCH3 is 1. The molecule has 1 heterocycles. The van der Waals surface area contributed by atoms with E-state index >= 15 is 0 Å². The second kappa shape index (κ2) is 7.25. The van der Waals surface area contributed by atoms with Crippen molar-refractivity contribution in [3.05, 3.63) is 0 Å². The Morgan fingerprint density at radius 2 is 1.95 bits per heavy atom. The summed E-state index contributed by atoms with van der Waals surface area (Å²) in [6.45, 7) is 1.15. The molecule has 1 unspecified atom stereocenters. The Kier molecular flexibility index (Phi) is 5.62. The zero-order chi connectivity index (χ0) is 15.3. The fourth-order valence-electron chi connectivity index (χ4n) is 3.74. The summed E-state index contributed by atoms with van der Waals surface area (Å²) < 4.78 is 5.11. The van der Waals surface area contributed by atoms with Gasteiger partial charge in [-0.3, -0.25) is 9.59 Å². The predicted molar refractivity (Wildman–Crippen MR) is 79.0 cm³/mol. The fourth-order valence-corrected chi connectivity index (χ4v) is 3.74. The smallest absolute Gasteiger partial charge is 0.313 e. The minimum Gasteiger partial charge on any atom is -0.481 e. The van der Waals surface area contributed by atoms with Gasteiger partial charge in [-0.2, -0.15) is 0 Å². The number of hydrogen-bond acceptors (Lipinski definition) is 3. The van der Waals surface area contributed by atoms with Gasteiger partial charge in [0.25, 0.3) is 0 Å². The van der Waals surface area contributed by atoms with Crippen LogP contribution in [-0.2, 0) is 14.3 Å². The number of carboxylic acids is 1. The van der Waals surface area contributed by atoms with Crippen molar-refractivity contribution in [3.63, 3.8) is 0 Å². The van der Waals surface area contributed by atoms with Crippen LogP contribution in [0.25, 0.3) is 0 Å². The molecule has 0 radical (unpaired) electrons. The molecular formula is C16H27NO4. The number of likely N-dealkylation sites (tertiary alicyclic amines) is 1. The molecule has 1 atom stereocenters. The maximum Gasteiger partial charge on any atom is 0.313 e. The lowest BCUT2D eigenvalue weighted by Gasteiger charge is -2.40. The molecule has 2 fully saturated rings. The second-order valence-corrected chi connectivity index (χ2v) is 6.65. The number of hydrogen-bond donors (Lipinski definition) is 1. The van der Waals surface area contributed by atoms with Gasteiger partial charge in [-0.25, -0.2) is 0 Å². The average Bonchev–Trinajstić information content (AvgIpc) is 2.48. The van der Waals surface area contributed by atoms with Crippen LogP contribution in [-0.4, -0.2) is 48.7 Å². The van der Waals surface area contributed by atoms with E-state index in [9.17, 15) is 14.7 Å². The Bertz CT molecular complexity index is 374. The molecule has 5 nitrogen and oxygen atoms in total. The normalized spacial score (nSPS) is 27.6. The molecular weight excluding hydrogens is 270 g/mol. The van der Waals surface area contributed by atoms with Crippen molar-refractivity contribution >= 4 is 11.9 Å². The third kappa shape index (κ3) is 3.96. The highest BCUT2D eigenvalue weighted by Gasteiger charge is 2.43. The Hall–Kier alpha value is -1.10. The quantitative estimate of drug-likeness (QED) is 0.845. The predicted octanol–water partition coefficient (Wildman–Crippen LogP) is 2.30. The molecule has 2 aliphatic rings. The number of rotatable bonds is 5. The summed E-state index contributed by atoms with van der Waals surface area (Å²) in [6.07, 6.45) is 7.92. The molecule has 1 aliphatic carbocycles. The molecule has 0 bridgehead atoms. The first kappa shape index (κ1) is 16.3. The highest BCUT2D eigenvalue weighted by atomic mass is 16.5. The maximum atomic E-state index is 12.5. The molecule has 1 saturated carbocycles. The molecule has 1 N–H and O–H groups in total. The Morgan fingerprint density at radius 3 is 2.57 bits per heavy atom. The molecule has 5 heteroatoms. The van der Waals surface area contributed by atoms with Crippen LogP contribution in [0.4, 0.5) is 0 Å². The summed E-state index contributed by atoms with van der Waals surface area (Å²) in [5.74, 6) is -0.224.